The number of carbonyl (C=O) groups is 1. The molecule has 1 aliphatic heterocycles. The van der Waals surface area contributed by atoms with Crippen LogP contribution in [0.15, 0.2) is 55.1 Å². The van der Waals surface area contributed by atoms with Gasteiger partial charge in [-0.25, -0.2) is 4.79 Å². The largest absolute Gasteiger partial charge is 0.492 e. The second-order valence-electron chi connectivity index (χ2n) is 10.3. The van der Waals surface area contributed by atoms with E-state index in [1.807, 2.05) is 18.2 Å². The lowest BCUT2D eigenvalue weighted by Crippen LogP contribution is -2.35. The molecule has 1 atom stereocenters. The highest BCUT2D eigenvalue weighted by Gasteiger charge is 2.44. The fourth-order valence-corrected chi connectivity index (χ4v) is 5.26. The lowest BCUT2D eigenvalue weighted by Gasteiger charge is -2.43. The molecule has 2 aliphatic rings. The molecule has 162 valence electrons. The minimum atomic E-state index is -0.950. The predicted octanol–water partition coefficient (Wildman–Crippen LogP) is 6.39. The Kier molecular flexibility index (Phi) is 5.12. The first-order valence-corrected chi connectivity index (χ1v) is 11.0. The summed E-state index contributed by atoms with van der Waals surface area (Å²) in [5, 5.41) is 9.01. The molecular formula is C28H32O3. The SMILES string of the molecule is C=CCC1(c2ccc3c(c2)C(C)(C)CCC3(C)C)COc2ccc(C=CC(=O)O)cc21. The third kappa shape index (κ3) is 3.60. The Morgan fingerprint density at radius 1 is 1.03 bits per heavy atom. The summed E-state index contributed by atoms with van der Waals surface area (Å²) in [6.45, 7) is 14.0. The fraction of sp³-hybridized carbons (Fsp3) is 0.393. The van der Waals surface area contributed by atoms with Crippen molar-refractivity contribution in [2.24, 2.45) is 0 Å². The summed E-state index contributed by atoms with van der Waals surface area (Å²) in [6, 6.07) is 12.9. The number of hydrogen-bond donors (Lipinski definition) is 1. The van der Waals surface area contributed by atoms with Crippen molar-refractivity contribution >= 4 is 12.0 Å². The van der Waals surface area contributed by atoms with Crippen LogP contribution in [0.5, 0.6) is 5.75 Å². The molecule has 2 aromatic rings. The van der Waals surface area contributed by atoms with Crippen LogP contribution in [-0.2, 0) is 21.0 Å². The Balaban J connectivity index is 1.88. The second kappa shape index (κ2) is 7.40. The number of fused-ring (bicyclic) bond motifs is 2. The summed E-state index contributed by atoms with van der Waals surface area (Å²) < 4.78 is 6.15. The van der Waals surface area contributed by atoms with Gasteiger partial charge in [-0.3, -0.25) is 0 Å². The van der Waals surface area contributed by atoms with E-state index in [9.17, 15) is 4.79 Å². The summed E-state index contributed by atoms with van der Waals surface area (Å²) in [5.41, 5.74) is 6.07. The van der Waals surface area contributed by atoms with Gasteiger partial charge in [-0.15, -0.1) is 6.58 Å². The Labute approximate surface area is 185 Å². The van der Waals surface area contributed by atoms with Crippen LogP contribution in [0.4, 0.5) is 0 Å². The maximum absolute atomic E-state index is 11.0. The Morgan fingerprint density at radius 3 is 2.42 bits per heavy atom. The number of benzene rings is 2. The van der Waals surface area contributed by atoms with Crippen LogP contribution in [0.2, 0.25) is 0 Å². The number of aliphatic carboxylic acids is 1. The first kappa shape index (κ1) is 21.4. The minimum absolute atomic E-state index is 0.130. The van der Waals surface area contributed by atoms with Crippen LogP contribution in [-0.4, -0.2) is 17.7 Å². The number of ether oxygens (including phenoxy) is 1. The van der Waals surface area contributed by atoms with Gasteiger partial charge < -0.3 is 9.84 Å². The van der Waals surface area contributed by atoms with Crippen LogP contribution in [0, 0.1) is 0 Å². The molecule has 1 unspecified atom stereocenters. The molecule has 0 spiro atoms. The van der Waals surface area contributed by atoms with Crippen molar-refractivity contribution in [1.82, 2.24) is 0 Å². The van der Waals surface area contributed by atoms with Gasteiger partial charge in [0.15, 0.2) is 0 Å². The van der Waals surface area contributed by atoms with Gasteiger partial charge in [0.2, 0.25) is 0 Å². The summed E-state index contributed by atoms with van der Waals surface area (Å²) in [6.07, 6.45) is 7.90. The number of carboxylic acid groups (broad SMARTS) is 1. The average molecular weight is 417 g/mol. The van der Waals surface area contributed by atoms with Gasteiger partial charge in [-0.05, 0) is 70.6 Å². The zero-order valence-corrected chi connectivity index (χ0v) is 19.0. The maximum Gasteiger partial charge on any atom is 0.328 e. The maximum atomic E-state index is 11.0. The first-order chi connectivity index (χ1) is 14.6. The van der Waals surface area contributed by atoms with Crippen LogP contribution in [0.3, 0.4) is 0 Å². The molecule has 3 heteroatoms. The molecule has 31 heavy (non-hydrogen) atoms. The highest BCUT2D eigenvalue weighted by atomic mass is 16.5. The van der Waals surface area contributed by atoms with Crippen LogP contribution >= 0.6 is 0 Å². The molecule has 0 amide bonds. The van der Waals surface area contributed by atoms with Crippen molar-refractivity contribution in [1.29, 1.82) is 0 Å². The van der Waals surface area contributed by atoms with Crippen molar-refractivity contribution in [2.45, 2.75) is 63.2 Å². The lowest BCUT2D eigenvalue weighted by molar-refractivity contribution is -0.131. The van der Waals surface area contributed by atoms with Crippen molar-refractivity contribution in [2.75, 3.05) is 6.61 Å². The normalized spacial score (nSPS) is 23.1. The molecule has 0 saturated carbocycles. The van der Waals surface area contributed by atoms with Gasteiger partial charge >= 0.3 is 5.97 Å². The molecule has 0 bridgehead atoms. The van der Waals surface area contributed by atoms with Gasteiger partial charge in [0.1, 0.15) is 12.4 Å². The first-order valence-electron chi connectivity index (χ1n) is 11.0. The topological polar surface area (TPSA) is 46.5 Å². The van der Waals surface area contributed by atoms with Gasteiger partial charge in [0, 0.05) is 11.6 Å². The Morgan fingerprint density at radius 2 is 1.74 bits per heavy atom. The summed E-state index contributed by atoms with van der Waals surface area (Å²) in [5.74, 6) is -0.0831. The molecule has 0 saturated heterocycles. The summed E-state index contributed by atoms with van der Waals surface area (Å²) in [7, 11) is 0. The zero-order valence-electron chi connectivity index (χ0n) is 19.0. The van der Waals surface area contributed by atoms with Gasteiger partial charge in [0.25, 0.3) is 0 Å². The van der Waals surface area contributed by atoms with E-state index >= 15 is 0 Å². The highest BCUT2D eigenvalue weighted by Crippen LogP contribution is 2.50. The molecule has 2 aromatic carbocycles. The van der Waals surface area contributed by atoms with Crippen molar-refractivity contribution < 1.29 is 14.6 Å². The third-order valence-electron chi connectivity index (χ3n) is 7.31. The van der Waals surface area contributed by atoms with Crippen LogP contribution in [0.25, 0.3) is 6.08 Å². The number of hydrogen-bond acceptors (Lipinski definition) is 2. The zero-order chi connectivity index (χ0) is 22.4. The summed E-state index contributed by atoms with van der Waals surface area (Å²) >= 11 is 0. The lowest BCUT2D eigenvalue weighted by atomic mass is 9.61. The molecular weight excluding hydrogens is 384 g/mol. The second-order valence-corrected chi connectivity index (χ2v) is 10.3. The van der Waals surface area contributed by atoms with Gasteiger partial charge in [-0.2, -0.15) is 0 Å². The van der Waals surface area contributed by atoms with Crippen molar-refractivity contribution in [3.8, 4) is 5.75 Å². The van der Waals surface area contributed by atoms with Crippen LogP contribution in [0.1, 0.15) is 74.8 Å². The fourth-order valence-electron chi connectivity index (χ4n) is 5.26. The minimum Gasteiger partial charge on any atom is -0.492 e. The van der Waals surface area contributed by atoms with Gasteiger partial charge in [-0.1, -0.05) is 58.0 Å². The van der Waals surface area contributed by atoms with E-state index in [-0.39, 0.29) is 16.2 Å². The highest BCUT2D eigenvalue weighted by molar-refractivity contribution is 5.85. The quantitative estimate of drug-likeness (QED) is 0.454. The molecule has 1 heterocycles. The molecule has 1 N–H and O–H groups in total. The standard InChI is InChI=1S/C28H32O3/c1-6-13-28(18-31-24-11-7-19(16-23(24)28)8-12-25(29)30)20-9-10-21-22(17-20)27(4,5)15-14-26(21,2)3/h6-12,16-17H,1,13-15,18H2,2-5H3,(H,29,30). The van der Waals surface area contributed by atoms with E-state index in [1.54, 1.807) is 6.08 Å². The molecule has 0 radical (unpaired) electrons. The molecule has 4 rings (SSSR count). The van der Waals surface area contributed by atoms with Gasteiger partial charge in [0.05, 0.1) is 5.41 Å². The molecule has 3 nitrogen and oxygen atoms in total. The Hall–Kier alpha value is -2.81. The van der Waals surface area contributed by atoms with E-state index < -0.39 is 5.97 Å². The monoisotopic (exact) mass is 416 g/mol. The number of rotatable bonds is 5. The van der Waals surface area contributed by atoms with E-state index in [1.165, 1.54) is 35.6 Å². The number of carboxylic acids is 1. The van der Waals surface area contributed by atoms with E-state index in [2.05, 4.69) is 58.5 Å². The van der Waals surface area contributed by atoms with E-state index in [0.29, 0.717) is 6.61 Å². The summed E-state index contributed by atoms with van der Waals surface area (Å²) in [4.78, 5) is 11.0. The molecule has 0 fully saturated rings. The Bertz CT molecular complexity index is 1070. The van der Waals surface area contributed by atoms with E-state index in [4.69, 9.17) is 9.84 Å². The molecule has 0 aromatic heterocycles. The average Bonchev–Trinajstić information content (AvgIpc) is 3.09. The predicted molar refractivity (Wildman–Crippen MR) is 126 cm³/mol. The third-order valence-corrected chi connectivity index (χ3v) is 7.31. The van der Waals surface area contributed by atoms with Crippen molar-refractivity contribution in [3.63, 3.8) is 0 Å². The molecule has 1 aliphatic carbocycles. The van der Waals surface area contributed by atoms with Crippen LogP contribution < -0.4 is 4.74 Å². The smallest absolute Gasteiger partial charge is 0.328 e. The van der Waals surface area contributed by atoms with Crippen molar-refractivity contribution in [3.05, 3.63) is 82.9 Å². The number of allylic oxidation sites excluding steroid dienone is 1. The van der Waals surface area contributed by atoms with E-state index in [0.717, 1.165) is 23.3 Å².